The van der Waals surface area contributed by atoms with Gasteiger partial charge in [0.2, 0.25) is 0 Å². The highest BCUT2D eigenvalue weighted by atomic mass is 16.2. The standard InChI is InChI=1S/C19H16N4O2/c1-13(24)14-6-5-9-16(12-14)21-19(25)17-10-11-18(23-22-17)20-15-7-3-2-4-8-15/h2-12H,1H3,(H,20,23)(H,21,25). The van der Waals surface area contributed by atoms with E-state index in [1.807, 2.05) is 30.3 Å². The minimum atomic E-state index is -0.389. The Balaban J connectivity index is 1.68. The van der Waals surface area contributed by atoms with Gasteiger partial charge in [0, 0.05) is 16.9 Å². The monoisotopic (exact) mass is 332 g/mol. The van der Waals surface area contributed by atoms with Crippen LogP contribution < -0.4 is 10.6 Å². The molecule has 0 spiro atoms. The molecule has 0 aliphatic rings. The molecule has 2 aromatic carbocycles. The van der Waals surface area contributed by atoms with E-state index in [4.69, 9.17) is 0 Å². The summed E-state index contributed by atoms with van der Waals surface area (Å²) in [7, 11) is 0. The quantitative estimate of drug-likeness (QED) is 0.696. The number of Topliss-reactive ketones (excluding diaryl/α,β-unsaturated/α-hetero) is 1. The Morgan fingerprint density at radius 1 is 0.840 bits per heavy atom. The van der Waals surface area contributed by atoms with Crippen LogP contribution in [0.25, 0.3) is 0 Å². The second kappa shape index (κ2) is 7.35. The van der Waals surface area contributed by atoms with Crippen molar-refractivity contribution in [2.75, 3.05) is 10.6 Å². The van der Waals surface area contributed by atoms with Gasteiger partial charge in [0.1, 0.15) is 0 Å². The summed E-state index contributed by atoms with van der Waals surface area (Å²) in [6, 6.07) is 19.6. The predicted octanol–water partition coefficient (Wildman–Crippen LogP) is 3.68. The first-order chi connectivity index (χ1) is 12.1. The Morgan fingerprint density at radius 3 is 2.28 bits per heavy atom. The zero-order chi connectivity index (χ0) is 17.6. The van der Waals surface area contributed by atoms with E-state index in [0.717, 1.165) is 5.69 Å². The lowest BCUT2D eigenvalue weighted by molar-refractivity contribution is 0.100. The molecule has 3 aromatic rings. The van der Waals surface area contributed by atoms with Crippen molar-refractivity contribution in [2.45, 2.75) is 6.92 Å². The first-order valence-corrected chi connectivity index (χ1v) is 7.70. The van der Waals surface area contributed by atoms with E-state index in [-0.39, 0.29) is 17.4 Å². The van der Waals surface area contributed by atoms with Gasteiger partial charge in [0.15, 0.2) is 17.3 Å². The number of nitrogens with zero attached hydrogens (tertiary/aromatic N) is 2. The van der Waals surface area contributed by atoms with Crippen LogP contribution in [0.1, 0.15) is 27.8 Å². The van der Waals surface area contributed by atoms with Gasteiger partial charge < -0.3 is 10.6 Å². The minimum Gasteiger partial charge on any atom is -0.339 e. The summed E-state index contributed by atoms with van der Waals surface area (Å²) in [6.45, 7) is 1.48. The first-order valence-electron chi connectivity index (χ1n) is 7.70. The topological polar surface area (TPSA) is 84.0 Å². The van der Waals surface area contributed by atoms with Crippen molar-refractivity contribution >= 4 is 28.9 Å². The minimum absolute atomic E-state index is 0.0628. The Labute approximate surface area is 144 Å². The molecular formula is C19H16N4O2. The SMILES string of the molecule is CC(=O)c1cccc(NC(=O)c2ccc(Nc3ccccc3)nn2)c1. The number of anilines is 3. The number of carbonyl (C=O) groups is 2. The number of hydrogen-bond acceptors (Lipinski definition) is 5. The largest absolute Gasteiger partial charge is 0.339 e. The molecule has 6 nitrogen and oxygen atoms in total. The Morgan fingerprint density at radius 2 is 1.60 bits per heavy atom. The number of ketones is 1. The fourth-order valence-corrected chi connectivity index (χ4v) is 2.20. The molecule has 3 rings (SSSR count). The number of nitrogens with one attached hydrogen (secondary N) is 2. The molecule has 0 aliphatic carbocycles. The third kappa shape index (κ3) is 4.26. The lowest BCUT2D eigenvalue weighted by Crippen LogP contribution is -2.14. The number of rotatable bonds is 5. The average molecular weight is 332 g/mol. The van der Waals surface area contributed by atoms with Crippen molar-refractivity contribution in [2.24, 2.45) is 0 Å². The molecule has 0 unspecified atom stereocenters. The van der Waals surface area contributed by atoms with E-state index in [0.29, 0.717) is 17.1 Å². The third-order valence-electron chi connectivity index (χ3n) is 3.47. The maximum Gasteiger partial charge on any atom is 0.276 e. The Hall–Kier alpha value is -3.54. The van der Waals surface area contributed by atoms with Crippen molar-refractivity contribution in [3.63, 3.8) is 0 Å². The zero-order valence-electron chi connectivity index (χ0n) is 13.6. The van der Waals surface area contributed by atoms with Crippen LogP contribution in [0.4, 0.5) is 17.2 Å². The second-order valence-corrected chi connectivity index (χ2v) is 5.39. The smallest absolute Gasteiger partial charge is 0.276 e. The summed E-state index contributed by atoms with van der Waals surface area (Å²) in [5, 5.41) is 13.7. The molecule has 6 heteroatoms. The van der Waals surface area contributed by atoms with Crippen molar-refractivity contribution in [3.05, 3.63) is 78.0 Å². The van der Waals surface area contributed by atoms with Gasteiger partial charge in [0.05, 0.1) is 0 Å². The van der Waals surface area contributed by atoms with Crippen molar-refractivity contribution in [1.29, 1.82) is 0 Å². The summed E-state index contributed by atoms with van der Waals surface area (Å²) < 4.78 is 0. The molecule has 2 N–H and O–H groups in total. The highest BCUT2D eigenvalue weighted by Gasteiger charge is 2.10. The van der Waals surface area contributed by atoms with E-state index in [9.17, 15) is 9.59 Å². The molecule has 1 amide bonds. The van der Waals surface area contributed by atoms with Crippen LogP contribution in [0.5, 0.6) is 0 Å². The van der Waals surface area contributed by atoms with Gasteiger partial charge in [-0.15, -0.1) is 10.2 Å². The molecule has 0 fully saturated rings. The van der Waals surface area contributed by atoms with Gasteiger partial charge in [-0.05, 0) is 43.3 Å². The molecule has 124 valence electrons. The number of benzene rings is 2. The molecule has 0 saturated carbocycles. The highest BCUT2D eigenvalue weighted by molar-refractivity contribution is 6.03. The third-order valence-corrected chi connectivity index (χ3v) is 3.47. The van der Waals surface area contributed by atoms with Gasteiger partial charge >= 0.3 is 0 Å². The number of carbonyl (C=O) groups excluding carboxylic acids is 2. The van der Waals surface area contributed by atoms with Crippen LogP contribution in [-0.4, -0.2) is 21.9 Å². The number of amides is 1. The Bertz CT molecular complexity index is 893. The lowest BCUT2D eigenvalue weighted by Gasteiger charge is -2.07. The molecular weight excluding hydrogens is 316 g/mol. The van der Waals surface area contributed by atoms with Gasteiger partial charge in [-0.2, -0.15) is 0 Å². The van der Waals surface area contributed by atoms with Crippen LogP contribution in [0, 0.1) is 0 Å². The van der Waals surface area contributed by atoms with Crippen molar-refractivity contribution < 1.29 is 9.59 Å². The number of hydrogen-bond donors (Lipinski definition) is 2. The highest BCUT2D eigenvalue weighted by Crippen LogP contribution is 2.14. The van der Waals surface area contributed by atoms with Crippen molar-refractivity contribution in [1.82, 2.24) is 10.2 Å². The summed E-state index contributed by atoms with van der Waals surface area (Å²) in [5.74, 6) is 0.0908. The van der Waals surface area contributed by atoms with Crippen molar-refractivity contribution in [3.8, 4) is 0 Å². The van der Waals surface area contributed by atoms with E-state index in [1.54, 1.807) is 36.4 Å². The molecule has 0 bridgehead atoms. The van der Waals surface area contributed by atoms with Gasteiger partial charge in [-0.3, -0.25) is 9.59 Å². The first kappa shape index (κ1) is 16.3. The van der Waals surface area contributed by atoms with E-state index >= 15 is 0 Å². The maximum atomic E-state index is 12.2. The zero-order valence-corrected chi connectivity index (χ0v) is 13.6. The fourth-order valence-electron chi connectivity index (χ4n) is 2.20. The normalized spacial score (nSPS) is 10.1. The van der Waals surface area contributed by atoms with Gasteiger partial charge in [-0.1, -0.05) is 30.3 Å². The second-order valence-electron chi connectivity index (χ2n) is 5.39. The van der Waals surface area contributed by atoms with E-state index in [2.05, 4.69) is 20.8 Å². The summed E-state index contributed by atoms with van der Waals surface area (Å²) in [5.41, 5.74) is 2.14. The van der Waals surface area contributed by atoms with Crippen LogP contribution in [0.15, 0.2) is 66.7 Å². The fraction of sp³-hybridized carbons (Fsp3) is 0.0526. The summed E-state index contributed by atoms with van der Waals surface area (Å²) in [6.07, 6.45) is 0. The van der Waals surface area contributed by atoms with Gasteiger partial charge in [-0.25, -0.2) is 0 Å². The summed E-state index contributed by atoms with van der Waals surface area (Å²) >= 11 is 0. The molecule has 1 heterocycles. The predicted molar refractivity (Wildman–Crippen MR) is 96.2 cm³/mol. The van der Waals surface area contributed by atoms with E-state index in [1.165, 1.54) is 6.92 Å². The summed E-state index contributed by atoms with van der Waals surface area (Å²) in [4.78, 5) is 23.6. The molecule has 1 aromatic heterocycles. The maximum absolute atomic E-state index is 12.2. The molecule has 0 saturated heterocycles. The van der Waals surface area contributed by atoms with E-state index < -0.39 is 0 Å². The molecule has 25 heavy (non-hydrogen) atoms. The van der Waals surface area contributed by atoms with Gasteiger partial charge in [0.25, 0.3) is 5.91 Å². The number of para-hydroxylation sites is 1. The lowest BCUT2D eigenvalue weighted by atomic mass is 10.1. The van der Waals surface area contributed by atoms with Crippen LogP contribution in [0.3, 0.4) is 0 Å². The van der Waals surface area contributed by atoms with Crippen LogP contribution >= 0.6 is 0 Å². The van der Waals surface area contributed by atoms with Crippen LogP contribution in [0.2, 0.25) is 0 Å². The van der Waals surface area contributed by atoms with Crippen LogP contribution in [-0.2, 0) is 0 Å². The number of aromatic nitrogens is 2. The molecule has 0 aliphatic heterocycles. The Kier molecular flexibility index (Phi) is 4.80. The molecule has 0 radical (unpaired) electrons. The molecule has 0 atom stereocenters. The average Bonchev–Trinajstić information content (AvgIpc) is 2.63.